The number of fused-ring (bicyclic) bond motifs is 1. The quantitative estimate of drug-likeness (QED) is 0.492. The fraction of sp³-hybridized carbons (Fsp3) is 0.227. The molecular weight excluding hydrogens is 382 g/mol. The molecule has 2 aromatic heterocycles. The number of aryl methyl sites for hydroxylation is 3. The summed E-state index contributed by atoms with van der Waals surface area (Å²) >= 11 is 0. The highest BCUT2D eigenvalue weighted by Gasteiger charge is 2.15. The van der Waals surface area contributed by atoms with E-state index in [1.807, 2.05) is 60.1 Å². The van der Waals surface area contributed by atoms with E-state index in [-0.39, 0.29) is 11.9 Å². The maximum atomic E-state index is 12.7. The van der Waals surface area contributed by atoms with Crippen molar-refractivity contribution in [3.05, 3.63) is 65.6 Å². The largest absolute Gasteiger partial charge is 0.493 e. The van der Waals surface area contributed by atoms with Crippen LogP contribution in [-0.2, 0) is 19.9 Å². The Bertz CT molecular complexity index is 1190. The molecule has 0 unspecified atom stereocenters. The van der Waals surface area contributed by atoms with Gasteiger partial charge in [0.15, 0.2) is 11.5 Å². The van der Waals surface area contributed by atoms with Crippen molar-refractivity contribution in [2.24, 2.45) is 7.05 Å². The fourth-order valence-electron chi connectivity index (χ4n) is 3.43. The Hall–Kier alpha value is -3.81. The molecule has 0 aliphatic rings. The molecule has 0 aliphatic carbocycles. The van der Waals surface area contributed by atoms with Crippen molar-refractivity contribution in [2.75, 3.05) is 19.5 Å². The van der Waals surface area contributed by atoms with Crippen LogP contribution in [0.3, 0.4) is 0 Å². The van der Waals surface area contributed by atoms with E-state index < -0.39 is 0 Å². The summed E-state index contributed by atoms with van der Waals surface area (Å²) in [5.41, 5.74) is 2.63. The van der Waals surface area contributed by atoms with Crippen LogP contribution in [0.4, 0.5) is 5.95 Å². The van der Waals surface area contributed by atoms with Gasteiger partial charge in [0.1, 0.15) is 11.5 Å². The van der Waals surface area contributed by atoms with Crippen LogP contribution in [0.15, 0.2) is 48.5 Å². The molecule has 2 aromatic carbocycles. The van der Waals surface area contributed by atoms with Crippen molar-refractivity contribution in [2.45, 2.75) is 12.8 Å². The lowest BCUT2D eigenvalue weighted by atomic mass is 10.1. The summed E-state index contributed by atoms with van der Waals surface area (Å²) in [7, 11) is 5.09. The maximum Gasteiger partial charge on any atom is 0.274 e. The van der Waals surface area contributed by atoms with Crippen molar-refractivity contribution in [3.8, 4) is 11.5 Å². The highest BCUT2D eigenvalue weighted by atomic mass is 16.5. The number of rotatable bonds is 7. The lowest BCUT2D eigenvalue weighted by Gasteiger charge is -2.09. The van der Waals surface area contributed by atoms with Gasteiger partial charge in [-0.1, -0.05) is 24.3 Å². The third-order valence-corrected chi connectivity index (χ3v) is 5.04. The highest BCUT2D eigenvalue weighted by molar-refractivity contribution is 6.05. The number of hydrogen-bond donors (Lipinski definition) is 2. The molecule has 1 amide bonds. The predicted octanol–water partition coefficient (Wildman–Crippen LogP) is 3.35. The van der Waals surface area contributed by atoms with Crippen molar-refractivity contribution in [1.82, 2.24) is 19.7 Å². The third kappa shape index (κ3) is 3.84. The van der Waals surface area contributed by atoms with E-state index >= 15 is 0 Å². The molecule has 0 saturated carbocycles. The molecule has 0 spiro atoms. The van der Waals surface area contributed by atoms with Crippen molar-refractivity contribution >= 4 is 22.8 Å². The van der Waals surface area contributed by atoms with E-state index in [2.05, 4.69) is 20.5 Å². The number of hydrogen-bond acceptors (Lipinski definition) is 5. The minimum absolute atomic E-state index is 0.251. The Morgan fingerprint density at radius 1 is 1.07 bits per heavy atom. The Morgan fingerprint density at radius 2 is 1.87 bits per heavy atom. The first-order valence-corrected chi connectivity index (χ1v) is 9.57. The van der Waals surface area contributed by atoms with Gasteiger partial charge < -0.3 is 14.0 Å². The Kier molecular flexibility index (Phi) is 5.38. The molecule has 0 atom stereocenters. The van der Waals surface area contributed by atoms with Crippen LogP contribution in [0, 0.1) is 0 Å². The zero-order chi connectivity index (χ0) is 21.1. The SMILES string of the molecule is COc1ccc(CCc2nc(NC(=O)c3cc4ccccc4n3C)n[nH]2)cc1OC. The number of para-hydroxylation sites is 1. The number of carbonyl (C=O) groups excluding carboxylic acids is 1. The van der Waals surface area contributed by atoms with E-state index in [4.69, 9.17) is 9.47 Å². The predicted molar refractivity (Wildman–Crippen MR) is 114 cm³/mol. The first-order valence-electron chi connectivity index (χ1n) is 9.57. The Labute approximate surface area is 173 Å². The minimum Gasteiger partial charge on any atom is -0.493 e. The third-order valence-electron chi connectivity index (χ3n) is 5.04. The number of anilines is 1. The summed E-state index contributed by atoms with van der Waals surface area (Å²) in [6.07, 6.45) is 1.39. The van der Waals surface area contributed by atoms with Crippen LogP contribution < -0.4 is 14.8 Å². The van der Waals surface area contributed by atoms with Crippen LogP contribution in [0.1, 0.15) is 21.9 Å². The van der Waals surface area contributed by atoms with E-state index in [1.165, 1.54) is 0 Å². The molecule has 0 fully saturated rings. The first kappa shape index (κ1) is 19.5. The molecule has 8 heteroatoms. The Balaban J connectivity index is 1.41. The molecule has 0 bridgehead atoms. The van der Waals surface area contributed by atoms with Gasteiger partial charge in [0.25, 0.3) is 5.91 Å². The molecule has 0 radical (unpaired) electrons. The zero-order valence-electron chi connectivity index (χ0n) is 17.1. The van der Waals surface area contributed by atoms with E-state index in [1.54, 1.807) is 14.2 Å². The topological polar surface area (TPSA) is 94.1 Å². The Morgan fingerprint density at radius 3 is 2.63 bits per heavy atom. The minimum atomic E-state index is -0.251. The number of amides is 1. The van der Waals surface area contributed by atoms with Gasteiger partial charge in [-0.15, -0.1) is 5.10 Å². The van der Waals surface area contributed by atoms with Gasteiger partial charge in [-0.05, 0) is 36.2 Å². The standard InChI is InChI=1S/C22H23N5O3/c1-27-16-7-5-4-6-15(16)13-17(27)21(28)24-22-23-20(25-26-22)11-9-14-8-10-18(29-2)19(12-14)30-3/h4-8,10,12-13H,9,11H2,1-3H3,(H2,23,24,25,26,28). The number of methoxy groups -OCH3 is 2. The second kappa shape index (κ2) is 8.28. The van der Waals surface area contributed by atoms with E-state index in [0.717, 1.165) is 22.9 Å². The number of H-pyrrole nitrogens is 1. The normalized spacial score (nSPS) is 10.9. The van der Waals surface area contributed by atoms with Crippen molar-refractivity contribution < 1.29 is 14.3 Å². The van der Waals surface area contributed by atoms with Gasteiger partial charge in [0, 0.05) is 24.4 Å². The molecule has 30 heavy (non-hydrogen) atoms. The molecule has 4 rings (SSSR count). The first-order chi connectivity index (χ1) is 14.6. The number of aromatic amines is 1. The second-order valence-corrected chi connectivity index (χ2v) is 6.90. The van der Waals surface area contributed by atoms with Gasteiger partial charge in [0.2, 0.25) is 5.95 Å². The summed E-state index contributed by atoms with van der Waals surface area (Å²) in [6.45, 7) is 0. The van der Waals surface area contributed by atoms with Gasteiger partial charge >= 0.3 is 0 Å². The molecule has 0 aliphatic heterocycles. The average Bonchev–Trinajstić information content (AvgIpc) is 3.36. The highest BCUT2D eigenvalue weighted by Crippen LogP contribution is 2.28. The molecule has 2 heterocycles. The average molecular weight is 405 g/mol. The van der Waals surface area contributed by atoms with Crippen molar-refractivity contribution in [3.63, 3.8) is 0 Å². The van der Waals surface area contributed by atoms with Crippen LogP contribution in [-0.4, -0.2) is 39.9 Å². The van der Waals surface area contributed by atoms with Crippen LogP contribution in [0.2, 0.25) is 0 Å². The number of ether oxygens (including phenoxy) is 2. The van der Waals surface area contributed by atoms with Gasteiger partial charge in [0.05, 0.1) is 14.2 Å². The number of nitrogens with zero attached hydrogens (tertiary/aromatic N) is 3. The van der Waals surface area contributed by atoms with Crippen LogP contribution >= 0.6 is 0 Å². The molecular formula is C22H23N5O3. The molecule has 4 aromatic rings. The van der Waals surface area contributed by atoms with Gasteiger partial charge in [-0.25, -0.2) is 0 Å². The maximum absolute atomic E-state index is 12.7. The van der Waals surface area contributed by atoms with Gasteiger partial charge in [-0.2, -0.15) is 4.98 Å². The number of carbonyl (C=O) groups is 1. The zero-order valence-corrected chi connectivity index (χ0v) is 17.1. The van der Waals surface area contributed by atoms with Crippen molar-refractivity contribution in [1.29, 1.82) is 0 Å². The molecule has 2 N–H and O–H groups in total. The number of benzene rings is 2. The fourth-order valence-corrected chi connectivity index (χ4v) is 3.43. The summed E-state index contributed by atoms with van der Waals surface area (Å²) in [4.78, 5) is 17.1. The molecule has 0 saturated heterocycles. The summed E-state index contributed by atoms with van der Waals surface area (Å²) < 4.78 is 12.5. The van der Waals surface area contributed by atoms with Crippen LogP contribution in [0.5, 0.6) is 11.5 Å². The van der Waals surface area contributed by atoms with Gasteiger partial charge in [-0.3, -0.25) is 15.2 Å². The number of nitrogens with one attached hydrogen (secondary N) is 2. The van der Waals surface area contributed by atoms with E-state index in [0.29, 0.717) is 29.4 Å². The lowest BCUT2D eigenvalue weighted by molar-refractivity contribution is 0.101. The molecule has 8 nitrogen and oxygen atoms in total. The number of aromatic nitrogens is 4. The van der Waals surface area contributed by atoms with Crippen LogP contribution in [0.25, 0.3) is 10.9 Å². The summed E-state index contributed by atoms with van der Waals surface area (Å²) in [6, 6.07) is 15.5. The summed E-state index contributed by atoms with van der Waals surface area (Å²) in [5.74, 6) is 2.08. The monoisotopic (exact) mass is 405 g/mol. The smallest absolute Gasteiger partial charge is 0.274 e. The second-order valence-electron chi connectivity index (χ2n) is 6.90. The molecule has 154 valence electrons. The lowest BCUT2D eigenvalue weighted by Crippen LogP contribution is -2.16. The van der Waals surface area contributed by atoms with E-state index in [9.17, 15) is 4.79 Å². The summed E-state index contributed by atoms with van der Waals surface area (Å²) in [5, 5.41) is 10.8.